The normalized spacial score (nSPS) is 14.0. The van der Waals surface area contributed by atoms with Gasteiger partial charge in [-0.1, -0.05) is 0 Å². The van der Waals surface area contributed by atoms with Crippen molar-refractivity contribution in [2.24, 2.45) is 7.05 Å². The molecule has 0 fully saturated rings. The van der Waals surface area contributed by atoms with E-state index >= 15 is 0 Å². The van der Waals surface area contributed by atoms with Gasteiger partial charge in [-0.25, -0.2) is 0 Å². The highest BCUT2D eigenvalue weighted by Crippen LogP contribution is 2.34. The average molecular weight is 319 g/mol. The Hall–Kier alpha value is -1.80. The Morgan fingerprint density at radius 1 is 1.48 bits per heavy atom. The molecular formula is C13H13N5OS2. The Morgan fingerprint density at radius 3 is 3.10 bits per heavy atom. The molecule has 1 aliphatic rings. The molecule has 4 rings (SSSR count). The molecule has 0 aromatic carbocycles. The highest BCUT2D eigenvalue weighted by molar-refractivity contribution is 7.71. The van der Waals surface area contributed by atoms with Crippen LogP contribution in [0.15, 0.2) is 11.1 Å². The van der Waals surface area contributed by atoms with E-state index in [0.717, 1.165) is 29.5 Å². The van der Waals surface area contributed by atoms with E-state index in [2.05, 4.69) is 15.2 Å². The first kappa shape index (κ1) is 12.9. The number of hydrogen-bond acceptors (Lipinski definition) is 5. The van der Waals surface area contributed by atoms with Crippen LogP contribution in [-0.4, -0.2) is 24.3 Å². The molecule has 0 aliphatic heterocycles. The Morgan fingerprint density at radius 2 is 2.33 bits per heavy atom. The zero-order valence-corrected chi connectivity index (χ0v) is 13.1. The van der Waals surface area contributed by atoms with Crippen LogP contribution >= 0.6 is 23.6 Å². The maximum absolute atomic E-state index is 12.8. The molecule has 1 aliphatic carbocycles. The van der Waals surface area contributed by atoms with Gasteiger partial charge in [0.1, 0.15) is 11.2 Å². The van der Waals surface area contributed by atoms with Crippen molar-refractivity contribution in [3.05, 3.63) is 37.7 Å². The average Bonchev–Trinajstić information content (AvgIpc) is 3.10. The van der Waals surface area contributed by atoms with Gasteiger partial charge in [-0.15, -0.1) is 21.5 Å². The van der Waals surface area contributed by atoms with Gasteiger partial charge >= 0.3 is 0 Å². The Bertz CT molecular complexity index is 961. The second-order valence-corrected chi connectivity index (χ2v) is 6.73. The topological polar surface area (TPSA) is 68.5 Å². The van der Waals surface area contributed by atoms with Crippen LogP contribution in [0.2, 0.25) is 0 Å². The molecule has 0 spiro atoms. The van der Waals surface area contributed by atoms with E-state index in [1.165, 1.54) is 10.4 Å². The summed E-state index contributed by atoms with van der Waals surface area (Å²) in [7, 11) is 1.86. The quantitative estimate of drug-likeness (QED) is 0.731. The second kappa shape index (κ2) is 4.60. The zero-order valence-electron chi connectivity index (χ0n) is 11.4. The van der Waals surface area contributed by atoms with Gasteiger partial charge in [-0.05, 0) is 37.0 Å². The minimum Gasteiger partial charge on any atom is -0.323 e. The van der Waals surface area contributed by atoms with Crippen molar-refractivity contribution < 1.29 is 0 Å². The van der Waals surface area contributed by atoms with Crippen LogP contribution in [0.4, 0.5) is 0 Å². The van der Waals surface area contributed by atoms with E-state index < -0.39 is 0 Å². The van der Waals surface area contributed by atoms with E-state index in [1.807, 2.05) is 7.05 Å². The molecular weight excluding hydrogens is 306 g/mol. The van der Waals surface area contributed by atoms with Crippen molar-refractivity contribution in [3.8, 4) is 0 Å². The smallest absolute Gasteiger partial charge is 0.263 e. The molecule has 6 nitrogen and oxygen atoms in total. The Kier molecular flexibility index (Phi) is 2.83. The lowest BCUT2D eigenvalue weighted by Crippen LogP contribution is -2.24. The first-order valence-corrected chi connectivity index (χ1v) is 7.98. The minimum absolute atomic E-state index is 0.0175. The summed E-state index contributed by atoms with van der Waals surface area (Å²) in [6, 6.07) is 0. The molecule has 0 saturated carbocycles. The largest absolute Gasteiger partial charge is 0.323 e. The van der Waals surface area contributed by atoms with E-state index in [4.69, 9.17) is 12.2 Å². The summed E-state index contributed by atoms with van der Waals surface area (Å²) >= 11 is 7.01. The van der Waals surface area contributed by atoms with Crippen LogP contribution in [0, 0.1) is 4.77 Å². The Balaban J connectivity index is 1.95. The number of H-pyrrole nitrogens is 1. The number of aryl methyl sites for hydroxylation is 3. The molecule has 3 aromatic heterocycles. The number of aromatic nitrogens is 5. The maximum Gasteiger partial charge on any atom is 0.263 e. The summed E-state index contributed by atoms with van der Waals surface area (Å²) in [5.74, 6) is 0.711. The molecule has 3 heterocycles. The fraction of sp³-hybridized carbons (Fsp3) is 0.385. The molecule has 108 valence electrons. The van der Waals surface area contributed by atoms with Gasteiger partial charge in [0.05, 0.1) is 11.9 Å². The van der Waals surface area contributed by atoms with E-state index in [1.54, 1.807) is 26.8 Å². The number of thiophene rings is 1. The Labute approximate surface area is 129 Å². The van der Waals surface area contributed by atoms with E-state index in [0.29, 0.717) is 17.1 Å². The van der Waals surface area contributed by atoms with Gasteiger partial charge in [0, 0.05) is 11.9 Å². The fourth-order valence-corrected chi connectivity index (χ4v) is 4.44. The maximum atomic E-state index is 12.8. The molecule has 1 N–H and O–H groups in total. The third-order valence-electron chi connectivity index (χ3n) is 3.95. The van der Waals surface area contributed by atoms with Crippen molar-refractivity contribution in [3.63, 3.8) is 0 Å². The monoisotopic (exact) mass is 319 g/mol. The third-order valence-corrected chi connectivity index (χ3v) is 5.48. The number of nitrogens with one attached hydrogen (secondary N) is 1. The van der Waals surface area contributed by atoms with Crippen LogP contribution in [0.5, 0.6) is 0 Å². The molecule has 0 atom stereocenters. The molecule has 0 bridgehead atoms. The number of aromatic amines is 1. The van der Waals surface area contributed by atoms with Crippen LogP contribution < -0.4 is 5.56 Å². The molecule has 8 heteroatoms. The molecule has 0 amide bonds. The van der Waals surface area contributed by atoms with Crippen molar-refractivity contribution in [1.29, 1.82) is 0 Å². The number of nitrogens with zero attached hydrogens (tertiary/aromatic N) is 4. The van der Waals surface area contributed by atoms with Crippen LogP contribution in [0.25, 0.3) is 10.2 Å². The third kappa shape index (κ3) is 1.90. The van der Waals surface area contributed by atoms with Crippen LogP contribution in [0.3, 0.4) is 0 Å². The summed E-state index contributed by atoms with van der Waals surface area (Å²) in [4.78, 5) is 18.3. The first-order valence-electron chi connectivity index (χ1n) is 6.75. The predicted molar refractivity (Wildman–Crippen MR) is 83.4 cm³/mol. The number of hydrogen-bond donors (Lipinski definition) is 1. The van der Waals surface area contributed by atoms with Gasteiger partial charge in [0.25, 0.3) is 5.56 Å². The fourth-order valence-electron chi connectivity index (χ4n) is 2.85. The van der Waals surface area contributed by atoms with Gasteiger partial charge in [0.2, 0.25) is 0 Å². The second-order valence-electron chi connectivity index (χ2n) is 5.24. The van der Waals surface area contributed by atoms with Crippen molar-refractivity contribution in [2.45, 2.75) is 25.8 Å². The molecule has 21 heavy (non-hydrogen) atoms. The highest BCUT2D eigenvalue weighted by Gasteiger charge is 2.21. The van der Waals surface area contributed by atoms with Gasteiger partial charge in [-0.2, -0.15) is 0 Å². The summed E-state index contributed by atoms with van der Waals surface area (Å²) in [6.07, 6.45) is 4.81. The molecule has 0 unspecified atom stereocenters. The summed E-state index contributed by atoms with van der Waals surface area (Å²) in [5, 5.41) is 8.68. The van der Waals surface area contributed by atoms with Crippen LogP contribution in [0.1, 0.15) is 22.7 Å². The van der Waals surface area contributed by atoms with Crippen molar-refractivity contribution in [1.82, 2.24) is 24.3 Å². The lowest BCUT2D eigenvalue weighted by molar-refractivity contribution is 0.663. The minimum atomic E-state index is -0.0175. The lowest BCUT2D eigenvalue weighted by atomic mass is 10.2. The number of rotatable bonds is 2. The predicted octanol–water partition coefficient (Wildman–Crippen LogP) is 1.79. The van der Waals surface area contributed by atoms with E-state index in [9.17, 15) is 4.79 Å². The lowest BCUT2D eigenvalue weighted by Gasteiger charge is -2.06. The molecule has 3 aromatic rings. The first-order chi connectivity index (χ1) is 10.1. The summed E-state index contributed by atoms with van der Waals surface area (Å²) in [5.41, 5.74) is 1.19. The van der Waals surface area contributed by atoms with Crippen molar-refractivity contribution >= 4 is 33.8 Å². The van der Waals surface area contributed by atoms with Gasteiger partial charge in [0.15, 0.2) is 10.6 Å². The standard InChI is InChI=1S/C13H13N5OS2/c1-17-6-14-16-9(17)5-18-12(19)10-7-3-2-4-8(7)21-11(10)15-13(18)20/h6H,2-5H2,1H3,(H,15,20). The van der Waals surface area contributed by atoms with Gasteiger partial charge < -0.3 is 9.55 Å². The SMILES string of the molecule is Cn1cnnc1Cn1c(=S)[nH]c2sc3c(c2c1=O)CCC3. The van der Waals surface area contributed by atoms with E-state index in [-0.39, 0.29) is 5.56 Å². The zero-order chi connectivity index (χ0) is 14.6. The molecule has 0 radical (unpaired) electrons. The summed E-state index contributed by atoms with van der Waals surface area (Å²) in [6.45, 7) is 0.339. The van der Waals surface area contributed by atoms with Gasteiger partial charge in [-0.3, -0.25) is 9.36 Å². The van der Waals surface area contributed by atoms with Crippen LogP contribution in [-0.2, 0) is 26.4 Å². The summed E-state index contributed by atoms with van der Waals surface area (Å²) < 4.78 is 3.81. The van der Waals surface area contributed by atoms with Crippen molar-refractivity contribution in [2.75, 3.05) is 0 Å². The highest BCUT2D eigenvalue weighted by atomic mass is 32.1. The number of fused-ring (bicyclic) bond motifs is 3. The molecule has 0 saturated heterocycles.